The van der Waals surface area contributed by atoms with Gasteiger partial charge in [0.2, 0.25) is 0 Å². The van der Waals surface area contributed by atoms with E-state index in [1.54, 1.807) is 6.20 Å². The summed E-state index contributed by atoms with van der Waals surface area (Å²) in [6.45, 7) is 4.99. The predicted octanol–water partition coefficient (Wildman–Crippen LogP) is 6.20. The van der Waals surface area contributed by atoms with Crippen molar-refractivity contribution in [3.05, 3.63) is 89.8 Å². The summed E-state index contributed by atoms with van der Waals surface area (Å²) in [6.07, 6.45) is 8.22. The molecular formula is C26H26N2O. The fourth-order valence-corrected chi connectivity index (χ4v) is 3.66. The monoisotopic (exact) mass is 382 g/mol. The van der Waals surface area contributed by atoms with Crippen LogP contribution in [0.3, 0.4) is 0 Å². The van der Waals surface area contributed by atoms with Crippen LogP contribution in [0.4, 0.5) is 0 Å². The number of nitrogens with zero attached hydrogens (tertiary/aromatic N) is 2. The number of rotatable bonds is 5. The van der Waals surface area contributed by atoms with Crippen molar-refractivity contribution < 1.29 is 4.74 Å². The van der Waals surface area contributed by atoms with Crippen LogP contribution in [0, 0.1) is 0 Å². The molecule has 0 bridgehead atoms. The summed E-state index contributed by atoms with van der Waals surface area (Å²) in [5.74, 6) is 0.919. The summed E-state index contributed by atoms with van der Waals surface area (Å²) in [5, 5.41) is 0. The van der Waals surface area contributed by atoms with Gasteiger partial charge in [0, 0.05) is 30.1 Å². The van der Waals surface area contributed by atoms with Crippen molar-refractivity contribution in [3.8, 4) is 16.9 Å². The highest BCUT2D eigenvalue weighted by Gasteiger charge is 2.14. The highest BCUT2D eigenvalue weighted by molar-refractivity contribution is 6.15. The van der Waals surface area contributed by atoms with Gasteiger partial charge in [-0.2, -0.15) is 0 Å². The number of hydrogen-bond acceptors (Lipinski definition) is 3. The first kappa shape index (κ1) is 19.1. The van der Waals surface area contributed by atoms with Gasteiger partial charge in [0.15, 0.2) is 0 Å². The van der Waals surface area contributed by atoms with Gasteiger partial charge in [0.05, 0.1) is 11.8 Å². The van der Waals surface area contributed by atoms with E-state index in [-0.39, 0.29) is 6.10 Å². The molecule has 3 nitrogen and oxygen atoms in total. The minimum atomic E-state index is 0.141. The van der Waals surface area contributed by atoms with Crippen molar-refractivity contribution >= 4 is 11.8 Å². The van der Waals surface area contributed by atoms with Crippen LogP contribution >= 0.6 is 0 Å². The molecular weight excluding hydrogens is 356 g/mol. The largest absolute Gasteiger partial charge is 0.490 e. The second kappa shape index (κ2) is 8.87. The average Bonchev–Trinajstić information content (AvgIpc) is 2.75. The van der Waals surface area contributed by atoms with Crippen molar-refractivity contribution in [1.82, 2.24) is 4.98 Å². The Balaban J connectivity index is 1.69. The second-order valence-corrected chi connectivity index (χ2v) is 7.53. The molecule has 1 aliphatic rings. The van der Waals surface area contributed by atoms with Crippen molar-refractivity contribution in [2.75, 3.05) is 6.54 Å². The zero-order valence-corrected chi connectivity index (χ0v) is 17.0. The second-order valence-electron chi connectivity index (χ2n) is 7.53. The first-order valence-electron chi connectivity index (χ1n) is 10.2. The van der Waals surface area contributed by atoms with Gasteiger partial charge in [0.25, 0.3) is 0 Å². The van der Waals surface area contributed by atoms with Crippen molar-refractivity contribution in [2.45, 2.75) is 32.8 Å². The quantitative estimate of drug-likeness (QED) is 0.526. The van der Waals surface area contributed by atoms with Gasteiger partial charge in [-0.25, -0.2) is 0 Å². The van der Waals surface area contributed by atoms with Crippen LogP contribution in [-0.2, 0) is 0 Å². The first-order chi connectivity index (χ1) is 14.2. The van der Waals surface area contributed by atoms with Gasteiger partial charge in [-0.3, -0.25) is 9.98 Å². The van der Waals surface area contributed by atoms with Crippen LogP contribution in [-0.4, -0.2) is 23.3 Å². The standard InChI is InChI=1S/C26H26N2O/c1-19(2)29-25-13-4-3-12-24(25)21-9-5-8-20(16-21)17-22-10-7-15-28-26(22)23-11-6-14-27-18-23/h3-6,8-9,11-14,16-19H,7,10,15H2,1-2H3. The molecule has 0 radical (unpaired) electrons. The van der Waals surface area contributed by atoms with Crippen LogP contribution in [0.15, 0.2) is 83.6 Å². The number of pyridine rings is 1. The minimum absolute atomic E-state index is 0.141. The summed E-state index contributed by atoms with van der Waals surface area (Å²) in [7, 11) is 0. The molecule has 0 saturated heterocycles. The van der Waals surface area contributed by atoms with E-state index in [0.29, 0.717) is 0 Å². The van der Waals surface area contributed by atoms with E-state index in [1.165, 1.54) is 11.1 Å². The number of allylic oxidation sites excluding steroid dienone is 1. The Hall–Kier alpha value is -3.20. The van der Waals surface area contributed by atoms with Crippen LogP contribution in [0.1, 0.15) is 37.8 Å². The Labute approximate surface area is 172 Å². The van der Waals surface area contributed by atoms with Crippen LogP contribution < -0.4 is 4.74 Å². The molecule has 2 heterocycles. The van der Waals surface area contributed by atoms with E-state index >= 15 is 0 Å². The third-order valence-corrected chi connectivity index (χ3v) is 4.90. The molecule has 2 aromatic carbocycles. The van der Waals surface area contributed by atoms with Gasteiger partial charge in [-0.15, -0.1) is 0 Å². The molecule has 0 atom stereocenters. The van der Waals surface area contributed by atoms with E-state index in [0.717, 1.165) is 47.5 Å². The van der Waals surface area contributed by atoms with Crippen LogP contribution in [0.5, 0.6) is 5.75 Å². The number of benzene rings is 2. The predicted molar refractivity (Wildman–Crippen MR) is 120 cm³/mol. The molecule has 0 amide bonds. The van der Waals surface area contributed by atoms with Crippen molar-refractivity contribution in [3.63, 3.8) is 0 Å². The molecule has 1 aliphatic heterocycles. The Kier molecular flexibility index (Phi) is 5.85. The van der Waals surface area contributed by atoms with E-state index in [4.69, 9.17) is 9.73 Å². The molecule has 3 aromatic rings. The lowest BCUT2D eigenvalue weighted by Gasteiger charge is -2.17. The number of ether oxygens (including phenoxy) is 1. The molecule has 0 unspecified atom stereocenters. The molecule has 4 rings (SSSR count). The first-order valence-corrected chi connectivity index (χ1v) is 10.2. The average molecular weight is 383 g/mol. The molecule has 3 heteroatoms. The topological polar surface area (TPSA) is 34.5 Å². The fourth-order valence-electron chi connectivity index (χ4n) is 3.66. The van der Waals surface area contributed by atoms with Crippen molar-refractivity contribution in [1.29, 1.82) is 0 Å². The SMILES string of the molecule is CC(C)Oc1ccccc1-c1cccc(C=C2CCCN=C2c2cccnc2)c1. The van der Waals surface area contributed by atoms with Gasteiger partial charge in [-0.1, -0.05) is 36.4 Å². The fraction of sp³-hybridized carbons (Fsp3) is 0.231. The zero-order chi connectivity index (χ0) is 20.1. The Morgan fingerprint density at radius 2 is 1.83 bits per heavy atom. The lowest BCUT2D eigenvalue weighted by Crippen LogP contribution is -2.11. The number of hydrogen-bond donors (Lipinski definition) is 0. The highest BCUT2D eigenvalue weighted by atomic mass is 16.5. The molecule has 0 spiro atoms. The van der Waals surface area contributed by atoms with Gasteiger partial charge >= 0.3 is 0 Å². The maximum Gasteiger partial charge on any atom is 0.127 e. The normalized spacial score (nSPS) is 15.4. The highest BCUT2D eigenvalue weighted by Crippen LogP contribution is 2.32. The van der Waals surface area contributed by atoms with E-state index in [9.17, 15) is 0 Å². The van der Waals surface area contributed by atoms with E-state index < -0.39 is 0 Å². The Morgan fingerprint density at radius 3 is 2.66 bits per heavy atom. The molecule has 1 aromatic heterocycles. The molecule has 146 valence electrons. The summed E-state index contributed by atoms with van der Waals surface area (Å²) in [5.41, 5.74) is 6.88. The molecule has 0 saturated carbocycles. The lowest BCUT2D eigenvalue weighted by atomic mass is 9.94. The third-order valence-electron chi connectivity index (χ3n) is 4.90. The Morgan fingerprint density at radius 1 is 0.966 bits per heavy atom. The lowest BCUT2D eigenvalue weighted by molar-refractivity contribution is 0.243. The molecule has 0 fully saturated rings. The maximum atomic E-state index is 6.02. The summed E-state index contributed by atoms with van der Waals surface area (Å²) in [4.78, 5) is 9.06. The smallest absolute Gasteiger partial charge is 0.127 e. The third kappa shape index (κ3) is 4.62. The zero-order valence-electron chi connectivity index (χ0n) is 17.0. The van der Waals surface area contributed by atoms with Crippen molar-refractivity contribution in [2.24, 2.45) is 4.99 Å². The minimum Gasteiger partial charge on any atom is -0.490 e. The molecule has 29 heavy (non-hydrogen) atoms. The summed E-state index contributed by atoms with van der Waals surface area (Å²) in [6, 6.07) is 20.9. The number of aliphatic imine (C=N–C) groups is 1. The number of para-hydroxylation sites is 1. The molecule has 0 N–H and O–H groups in total. The Bertz CT molecular complexity index is 1040. The van der Waals surface area contributed by atoms with E-state index in [1.807, 2.05) is 24.4 Å². The van der Waals surface area contributed by atoms with Crippen LogP contribution in [0.25, 0.3) is 17.2 Å². The summed E-state index contributed by atoms with van der Waals surface area (Å²) < 4.78 is 6.02. The van der Waals surface area contributed by atoms with Gasteiger partial charge in [0.1, 0.15) is 5.75 Å². The van der Waals surface area contributed by atoms with E-state index in [2.05, 4.69) is 67.4 Å². The summed E-state index contributed by atoms with van der Waals surface area (Å²) >= 11 is 0. The van der Waals surface area contributed by atoms with Crippen LogP contribution in [0.2, 0.25) is 0 Å². The number of aromatic nitrogens is 1. The van der Waals surface area contributed by atoms with Gasteiger partial charge < -0.3 is 4.74 Å². The molecule has 0 aliphatic carbocycles. The van der Waals surface area contributed by atoms with Gasteiger partial charge in [-0.05, 0) is 73.7 Å². The maximum absolute atomic E-state index is 6.02.